The summed E-state index contributed by atoms with van der Waals surface area (Å²) in [4.78, 5) is 18.7. The second-order valence-electron chi connectivity index (χ2n) is 5.91. The predicted octanol–water partition coefficient (Wildman–Crippen LogP) is 2.62. The summed E-state index contributed by atoms with van der Waals surface area (Å²) in [5, 5.41) is 3.95. The number of rotatable bonds is 3. The summed E-state index contributed by atoms with van der Waals surface area (Å²) in [5.74, 6) is 1.54. The van der Waals surface area contributed by atoms with Crippen molar-refractivity contribution in [1.29, 1.82) is 0 Å². The largest absolute Gasteiger partial charge is 0.359 e. The topological polar surface area (TPSA) is 64.2 Å². The van der Waals surface area contributed by atoms with Crippen LogP contribution in [0.15, 0.2) is 34.9 Å². The van der Waals surface area contributed by atoms with Gasteiger partial charge >= 0.3 is 0 Å². The van der Waals surface area contributed by atoms with Crippen molar-refractivity contribution in [2.75, 3.05) is 13.1 Å². The predicted molar refractivity (Wildman–Crippen MR) is 85.2 cm³/mol. The van der Waals surface area contributed by atoms with Crippen molar-refractivity contribution in [2.24, 2.45) is 0 Å². The first-order chi connectivity index (χ1) is 11.2. The Morgan fingerprint density at radius 3 is 2.87 bits per heavy atom. The molecule has 0 spiro atoms. The Kier molecular flexibility index (Phi) is 3.37. The minimum absolute atomic E-state index is 0.0373. The number of para-hydroxylation sites is 2. The maximum Gasteiger partial charge on any atom is 0.276 e. The van der Waals surface area contributed by atoms with Crippen LogP contribution in [0, 0.1) is 6.92 Å². The number of hydrogen-bond donors (Lipinski definition) is 0. The van der Waals surface area contributed by atoms with E-state index in [1.165, 1.54) is 0 Å². The number of amides is 1. The summed E-state index contributed by atoms with van der Waals surface area (Å²) in [6, 6.07) is 9.72. The average molecular weight is 310 g/mol. The summed E-state index contributed by atoms with van der Waals surface area (Å²) >= 11 is 0. The van der Waals surface area contributed by atoms with Crippen LogP contribution in [0.3, 0.4) is 0 Å². The van der Waals surface area contributed by atoms with E-state index in [1.807, 2.05) is 36.1 Å². The van der Waals surface area contributed by atoms with E-state index in [2.05, 4.69) is 14.7 Å². The van der Waals surface area contributed by atoms with Gasteiger partial charge in [-0.1, -0.05) is 17.3 Å². The number of aryl methyl sites for hydroxylation is 1. The molecule has 1 aromatic carbocycles. The summed E-state index contributed by atoms with van der Waals surface area (Å²) < 4.78 is 7.45. The van der Waals surface area contributed by atoms with Gasteiger partial charge in [-0.05, 0) is 31.9 Å². The molecule has 0 unspecified atom stereocenters. The molecule has 6 nitrogen and oxygen atoms in total. The summed E-state index contributed by atoms with van der Waals surface area (Å²) in [6.07, 6.45) is 2.13. The van der Waals surface area contributed by atoms with Gasteiger partial charge in [-0.25, -0.2) is 4.98 Å². The molecule has 1 aliphatic rings. The second-order valence-corrected chi connectivity index (χ2v) is 5.91. The zero-order valence-corrected chi connectivity index (χ0v) is 13.0. The number of fused-ring (bicyclic) bond motifs is 1. The number of nitrogens with zero attached hydrogens (tertiary/aromatic N) is 4. The minimum Gasteiger partial charge on any atom is -0.359 e. The first kappa shape index (κ1) is 14.0. The van der Waals surface area contributed by atoms with Gasteiger partial charge in [-0.2, -0.15) is 0 Å². The van der Waals surface area contributed by atoms with Crippen LogP contribution in [0.1, 0.15) is 34.9 Å². The van der Waals surface area contributed by atoms with E-state index in [0.717, 1.165) is 42.8 Å². The first-order valence-electron chi connectivity index (χ1n) is 7.89. The third-order valence-electron chi connectivity index (χ3n) is 4.33. The molecule has 1 fully saturated rings. The molecule has 6 heteroatoms. The average Bonchev–Trinajstić information content (AvgIpc) is 3.28. The lowest BCUT2D eigenvalue weighted by Gasteiger charge is -2.12. The zero-order valence-electron chi connectivity index (χ0n) is 13.0. The molecule has 0 radical (unpaired) electrons. The molecule has 0 aliphatic carbocycles. The smallest absolute Gasteiger partial charge is 0.276 e. The van der Waals surface area contributed by atoms with Crippen molar-refractivity contribution in [3.8, 4) is 0 Å². The molecule has 118 valence electrons. The lowest BCUT2D eigenvalue weighted by molar-refractivity contribution is 0.0782. The Morgan fingerprint density at radius 2 is 2.04 bits per heavy atom. The fourth-order valence-electron chi connectivity index (χ4n) is 3.12. The highest BCUT2D eigenvalue weighted by atomic mass is 16.5. The number of benzene rings is 1. The van der Waals surface area contributed by atoms with Crippen LogP contribution >= 0.6 is 0 Å². The Labute approximate surface area is 133 Å². The summed E-state index contributed by atoms with van der Waals surface area (Å²) in [6.45, 7) is 4.11. The van der Waals surface area contributed by atoms with Gasteiger partial charge in [0, 0.05) is 19.2 Å². The minimum atomic E-state index is -0.0373. The van der Waals surface area contributed by atoms with E-state index in [0.29, 0.717) is 18.0 Å². The molecule has 3 aromatic rings. The van der Waals surface area contributed by atoms with Crippen LogP contribution in [0.2, 0.25) is 0 Å². The molecule has 0 bridgehead atoms. The molecule has 0 atom stereocenters. The maximum atomic E-state index is 12.3. The lowest BCUT2D eigenvalue weighted by atomic mass is 10.3. The van der Waals surface area contributed by atoms with Gasteiger partial charge in [0.15, 0.2) is 11.5 Å². The van der Waals surface area contributed by atoms with Gasteiger partial charge in [0.2, 0.25) is 0 Å². The van der Waals surface area contributed by atoms with Crippen molar-refractivity contribution in [3.63, 3.8) is 0 Å². The molecule has 23 heavy (non-hydrogen) atoms. The van der Waals surface area contributed by atoms with E-state index in [-0.39, 0.29) is 5.91 Å². The van der Waals surface area contributed by atoms with Crippen LogP contribution in [0.5, 0.6) is 0 Å². The van der Waals surface area contributed by atoms with E-state index in [1.54, 1.807) is 6.07 Å². The third-order valence-corrected chi connectivity index (χ3v) is 4.33. The van der Waals surface area contributed by atoms with E-state index in [9.17, 15) is 4.79 Å². The molecular formula is C17H18N4O2. The van der Waals surface area contributed by atoms with Gasteiger partial charge < -0.3 is 14.0 Å². The van der Waals surface area contributed by atoms with Crippen LogP contribution in [0.25, 0.3) is 11.0 Å². The number of hydrogen-bond acceptors (Lipinski definition) is 4. The fourth-order valence-corrected chi connectivity index (χ4v) is 3.12. The first-order valence-corrected chi connectivity index (χ1v) is 7.89. The summed E-state index contributed by atoms with van der Waals surface area (Å²) in [5.41, 5.74) is 2.40. The number of imidazole rings is 1. The molecule has 0 saturated carbocycles. The number of carbonyl (C=O) groups excluding carboxylic acids is 1. The fraction of sp³-hybridized carbons (Fsp3) is 0.353. The number of aromatic nitrogens is 3. The molecule has 2 aromatic heterocycles. The number of likely N-dealkylation sites (tertiary alicyclic amines) is 1. The monoisotopic (exact) mass is 310 g/mol. The van der Waals surface area contributed by atoms with E-state index >= 15 is 0 Å². The molecule has 4 rings (SSSR count). The molecule has 1 saturated heterocycles. The molecule has 1 aliphatic heterocycles. The normalized spacial score (nSPS) is 14.7. The van der Waals surface area contributed by atoms with Crippen molar-refractivity contribution < 1.29 is 9.32 Å². The highest BCUT2D eigenvalue weighted by Crippen LogP contribution is 2.19. The quantitative estimate of drug-likeness (QED) is 0.746. The molecule has 1 amide bonds. The third kappa shape index (κ3) is 2.50. The maximum absolute atomic E-state index is 12.3. The van der Waals surface area contributed by atoms with Crippen LogP contribution < -0.4 is 0 Å². The molecule has 3 heterocycles. The molecule has 0 N–H and O–H groups in total. The SMILES string of the molecule is Cc1nc2ccccc2n1Cc1cc(C(=O)N2CCCC2)no1. The van der Waals surface area contributed by atoms with Crippen molar-refractivity contribution in [1.82, 2.24) is 19.6 Å². The van der Waals surface area contributed by atoms with E-state index < -0.39 is 0 Å². The van der Waals surface area contributed by atoms with Gasteiger partial charge in [0.1, 0.15) is 5.82 Å². The lowest BCUT2D eigenvalue weighted by Crippen LogP contribution is -2.27. The van der Waals surface area contributed by atoms with Gasteiger partial charge in [-0.15, -0.1) is 0 Å². The Morgan fingerprint density at radius 1 is 1.26 bits per heavy atom. The van der Waals surface area contributed by atoms with E-state index in [4.69, 9.17) is 4.52 Å². The summed E-state index contributed by atoms with van der Waals surface area (Å²) in [7, 11) is 0. The van der Waals surface area contributed by atoms with Crippen LogP contribution in [0.4, 0.5) is 0 Å². The second kappa shape index (κ2) is 5.53. The van der Waals surface area contributed by atoms with Gasteiger partial charge in [0.25, 0.3) is 5.91 Å². The Hall–Kier alpha value is -2.63. The van der Waals surface area contributed by atoms with Crippen LogP contribution in [-0.4, -0.2) is 38.6 Å². The van der Waals surface area contributed by atoms with Gasteiger partial charge in [-0.3, -0.25) is 4.79 Å². The number of carbonyl (C=O) groups is 1. The van der Waals surface area contributed by atoms with Gasteiger partial charge in [0.05, 0.1) is 17.6 Å². The van der Waals surface area contributed by atoms with Crippen molar-refractivity contribution in [3.05, 3.63) is 47.6 Å². The Balaban J connectivity index is 1.59. The standard InChI is InChI=1S/C17H18N4O2/c1-12-18-14-6-2-3-7-16(14)21(12)11-13-10-15(19-23-13)17(22)20-8-4-5-9-20/h2-3,6-7,10H,4-5,8-9,11H2,1H3. The van der Waals surface area contributed by atoms with Crippen molar-refractivity contribution >= 4 is 16.9 Å². The van der Waals surface area contributed by atoms with Crippen molar-refractivity contribution in [2.45, 2.75) is 26.3 Å². The zero-order chi connectivity index (χ0) is 15.8. The molecular weight excluding hydrogens is 292 g/mol. The highest BCUT2D eigenvalue weighted by molar-refractivity contribution is 5.92. The highest BCUT2D eigenvalue weighted by Gasteiger charge is 2.23. The Bertz CT molecular complexity index is 858. The van der Waals surface area contributed by atoms with Crippen LogP contribution in [-0.2, 0) is 6.54 Å².